The van der Waals surface area contributed by atoms with Crippen LogP contribution in [0.5, 0.6) is 0 Å². The molecule has 0 bridgehead atoms. The molecule has 2 unspecified atom stereocenters. The van der Waals surface area contributed by atoms with Crippen molar-refractivity contribution in [3.63, 3.8) is 0 Å². The second-order valence-electron chi connectivity index (χ2n) is 2.46. The van der Waals surface area contributed by atoms with Crippen molar-refractivity contribution in [3.8, 4) is 0 Å². The van der Waals surface area contributed by atoms with Gasteiger partial charge in [-0.2, -0.15) is 0 Å². The molecule has 0 amide bonds. The van der Waals surface area contributed by atoms with Crippen molar-refractivity contribution in [3.05, 3.63) is 0 Å². The quantitative estimate of drug-likeness (QED) is 0.579. The number of hydrogen-bond acceptors (Lipinski definition) is 4. The summed E-state index contributed by atoms with van der Waals surface area (Å²) in [6.45, 7) is 3.38. The maximum atomic E-state index is 8.40. The van der Waals surface area contributed by atoms with Crippen LogP contribution in [0.2, 0.25) is 0 Å². The Kier molecular flexibility index (Phi) is 3.79. The van der Waals surface area contributed by atoms with Gasteiger partial charge in [-0.15, -0.1) is 0 Å². The molecular weight excluding hydrogens is 148 g/mol. The van der Waals surface area contributed by atoms with Crippen molar-refractivity contribution in [1.82, 2.24) is 0 Å². The van der Waals surface area contributed by atoms with E-state index >= 15 is 0 Å². The molecule has 0 spiro atoms. The number of hydrogen-bond donors (Lipinski definition) is 1. The normalized spacial score (nSPS) is 31.1. The Balaban J connectivity index is 1.99. The van der Waals surface area contributed by atoms with Gasteiger partial charge in [-0.25, -0.2) is 0 Å². The van der Waals surface area contributed by atoms with E-state index in [0.29, 0.717) is 19.8 Å². The molecule has 2 atom stereocenters. The van der Waals surface area contributed by atoms with E-state index in [2.05, 4.69) is 0 Å². The zero-order valence-corrected chi connectivity index (χ0v) is 6.66. The van der Waals surface area contributed by atoms with Gasteiger partial charge in [0.15, 0.2) is 6.29 Å². The predicted molar refractivity (Wildman–Crippen MR) is 38.2 cm³/mol. The highest BCUT2D eigenvalue weighted by Crippen LogP contribution is 2.10. The van der Waals surface area contributed by atoms with Crippen LogP contribution < -0.4 is 0 Å². The first kappa shape index (κ1) is 8.93. The van der Waals surface area contributed by atoms with Crippen LogP contribution in [-0.2, 0) is 14.2 Å². The van der Waals surface area contributed by atoms with Gasteiger partial charge in [0.2, 0.25) is 0 Å². The molecule has 66 valence electrons. The molecule has 0 radical (unpaired) electrons. The monoisotopic (exact) mass is 162 g/mol. The summed E-state index contributed by atoms with van der Waals surface area (Å²) in [4.78, 5) is 0. The maximum Gasteiger partial charge on any atom is 0.155 e. The van der Waals surface area contributed by atoms with Gasteiger partial charge < -0.3 is 19.3 Å². The minimum atomic E-state index is -0.113. The molecule has 1 aliphatic heterocycles. The Morgan fingerprint density at radius 1 is 1.64 bits per heavy atom. The first-order valence-corrected chi connectivity index (χ1v) is 3.78. The van der Waals surface area contributed by atoms with E-state index < -0.39 is 0 Å². The van der Waals surface area contributed by atoms with Crippen molar-refractivity contribution in [2.24, 2.45) is 0 Å². The Morgan fingerprint density at radius 2 is 2.45 bits per heavy atom. The van der Waals surface area contributed by atoms with Crippen LogP contribution in [0.15, 0.2) is 0 Å². The van der Waals surface area contributed by atoms with Crippen LogP contribution in [0.25, 0.3) is 0 Å². The number of aliphatic hydroxyl groups is 1. The zero-order valence-electron chi connectivity index (χ0n) is 6.66. The lowest BCUT2D eigenvalue weighted by Gasteiger charge is -2.07. The van der Waals surface area contributed by atoms with E-state index in [4.69, 9.17) is 19.3 Å². The number of ether oxygens (including phenoxy) is 3. The summed E-state index contributed by atoms with van der Waals surface area (Å²) in [5.74, 6) is 0. The van der Waals surface area contributed by atoms with E-state index in [1.807, 2.05) is 6.92 Å². The first-order chi connectivity index (χ1) is 5.33. The minimum absolute atomic E-state index is 0.0385. The zero-order chi connectivity index (χ0) is 8.10. The molecule has 4 heteroatoms. The Labute approximate surface area is 66.1 Å². The van der Waals surface area contributed by atoms with Crippen molar-refractivity contribution in [2.75, 3.05) is 26.4 Å². The largest absolute Gasteiger partial charge is 0.394 e. The summed E-state index contributed by atoms with van der Waals surface area (Å²) in [7, 11) is 0. The van der Waals surface area contributed by atoms with Gasteiger partial charge in [-0.1, -0.05) is 0 Å². The molecule has 4 nitrogen and oxygen atoms in total. The first-order valence-electron chi connectivity index (χ1n) is 3.78. The van der Waals surface area contributed by atoms with E-state index in [0.717, 1.165) is 0 Å². The highest BCUT2D eigenvalue weighted by Gasteiger charge is 2.21. The number of rotatable bonds is 4. The van der Waals surface area contributed by atoms with Crippen molar-refractivity contribution in [2.45, 2.75) is 19.3 Å². The third-order valence-corrected chi connectivity index (χ3v) is 1.44. The molecule has 0 aromatic rings. The van der Waals surface area contributed by atoms with Gasteiger partial charge in [-0.3, -0.25) is 0 Å². The molecule has 0 aromatic carbocycles. The topological polar surface area (TPSA) is 47.9 Å². The lowest BCUT2D eigenvalue weighted by molar-refractivity contribution is -0.0600. The van der Waals surface area contributed by atoms with E-state index in [-0.39, 0.29) is 19.0 Å². The Hall–Kier alpha value is -0.160. The van der Waals surface area contributed by atoms with Crippen molar-refractivity contribution < 1.29 is 19.3 Å². The summed E-state index contributed by atoms with van der Waals surface area (Å²) in [6, 6.07) is 0. The molecule has 1 heterocycles. The average molecular weight is 162 g/mol. The Morgan fingerprint density at radius 3 is 3.00 bits per heavy atom. The van der Waals surface area contributed by atoms with Crippen molar-refractivity contribution >= 4 is 0 Å². The van der Waals surface area contributed by atoms with Gasteiger partial charge in [0.1, 0.15) is 6.10 Å². The minimum Gasteiger partial charge on any atom is -0.394 e. The fourth-order valence-electron chi connectivity index (χ4n) is 0.959. The fraction of sp³-hybridized carbons (Fsp3) is 1.00. The molecule has 0 aromatic heterocycles. The second-order valence-corrected chi connectivity index (χ2v) is 2.46. The smallest absolute Gasteiger partial charge is 0.155 e. The third-order valence-electron chi connectivity index (χ3n) is 1.44. The van der Waals surface area contributed by atoms with Crippen LogP contribution in [0, 0.1) is 0 Å². The Bertz CT molecular complexity index is 107. The molecule has 1 rings (SSSR count). The maximum absolute atomic E-state index is 8.40. The second kappa shape index (κ2) is 4.66. The molecule has 1 saturated heterocycles. The number of aliphatic hydroxyl groups excluding tert-OH is 1. The average Bonchev–Trinajstić information content (AvgIpc) is 2.37. The van der Waals surface area contributed by atoms with Gasteiger partial charge >= 0.3 is 0 Å². The predicted octanol–water partition coefficient (Wildman–Crippen LogP) is -0.243. The van der Waals surface area contributed by atoms with E-state index in [9.17, 15) is 0 Å². The lowest BCUT2D eigenvalue weighted by atomic mass is 10.4. The van der Waals surface area contributed by atoms with Gasteiger partial charge in [-0.05, 0) is 6.92 Å². The summed E-state index contributed by atoms with van der Waals surface area (Å²) < 4.78 is 15.5. The van der Waals surface area contributed by atoms with Crippen LogP contribution in [0.3, 0.4) is 0 Å². The van der Waals surface area contributed by atoms with Crippen molar-refractivity contribution in [1.29, 1.82) is 0 Å². The SMILES string of the molecule is CC1OCC(COCCO)O1. The molecule has 1 fully saturated rings. The van der Waals surface area contributed by atoms with Gasteiger partial charge in [0.25, 0.3) is 0 Å². The van der Waals surface area contributed by atoms with Crippen LogP contribution in [-0.4, -0.2) is 43.9 Å². The molecular formula is C7H14O4. The molecule has 0 aliphatic carbocycles. The van der Waals surface area contributed by atoms with E-state index in [1.54, 1.807) is 0 Å². The standard InChI is InChI=1S/C7H14O4/c1-6-10-5-7(11-6)4-9-3-2-8/h6-8H,2-5H2,1H3. The molecule has 1 N–H and O–H groups in total. The molecule has 0 saturated carbocycles. The lowest BCUT2D eigenvalue weighted by Crippen LogP contribution is -2.19. The van der Waals surface area contributed by atoms with Crippen LogP contribution in [0.1, 0.15) is 6.92 Å². The summed E-state index contributed by atoms with van der Waals surface area (Å²) in [6.07, 6.45) is -0.0747. The van der Waals surface area contributed by atoms with E-state index in [1.165, 1.54) is 0 Å². The van der Waals surface area contributed by atoms with Gasteiger partial charge in [0.05, 0.1) is 26.4 Å². The molecule has 1 aliphatic rings. The highest BCUT2D eigenvalue weighted by atomic mass is 16.7. The third kappa shape index (κ3) is 3.16. The molecule has 11 heavy (non-hydrogen) atoms. The van der Waals surface area contributed by atoms with Crippen LogP contribution in [0.4, 0.5) is 0 Å². The van der Waals surface area contributed by atoms with Crippen LogP contribution >= 0.6 is 0 Å². The fourth-order valence-corrected chi connectivity index (χ4v) is 0.959. The van der Waals surface area contributed by atoms with Gasteiger partial charge in [0, 0.05) is 0 Å². The highest BCUT2D eigenvalue weighted by molar-refractivity contribution is 4.61. The summed E-state index contributed by atoms with van der Waals surface area (Å²) in [5.41, 5.74) is 0. The summed E-state index contributed by atoms with van der Waals surface area (Å²) >= 11 is 0. The summed E-state index contributed by atoms with van der Waals surface area (Å²) in [5, 5.41) is 8.40.